The van der Waals surface area contributed by atoms with Crippen LogP contribution in [0, 0.1) is 13.8 Å². The highest BCUT2D eigenvalue weighted by Gasteiger charge is 2.15. The highest BCUT2D eigenvalue weighted by molar-refractivity contribution is 5.96. The first-order valence-corrected chi connectivity index (χ1v) is 9.82. The molecule has 0 fully saturated rings. The van der Waals surface area contributed by atoms with Crippen molar-refractivity contribution < 1.29 is 9.90 Å². The summed E-state index contributed by atoms with van der Waals surface area (Å²) in [5.74, 6) is -0.0491. The maximum Gasteiger partial charge on any atom is 0.251 e. The van der Waals surface area contributed by atoms with Crippen molar-refractivity contribution in [1.29, 1.82) is 0 Å². The molecule has 2 N–H and O–H groups in total. The predicted molar refractivity (Wildman–Crippen MR) is 118 cm³/mol. The number of hydrogen-bond acceptors (Lipinski definition) is 3. The molecule has 0 radical (unpaired) electrons. The average Bonchev–Trinajstić information content (AvgIpc) is 3.07. The largest absolute Gasteiger partial charge is 0.507 e. The smallest absolute Gasteiger partial charge is 0.251 e. The Labute approximate surface area is 175 Å². The number of carbonyl (C=O) groups excluding carboxylic acids is 1. The van der Waals surface area contributed by atoms with Crippen LogP contribution in [0.4, 0.5) is 0 Å². The van der Waals surface area contributed by atoms with Gasteiger partial charge in [0.1, 0.15) is 5.75 Å². The van der Waals surface area contributed by atoms with Crippen LogP contribution in [0.2, 0.25) is 0 Å². The third-order valence-electron chi connectivity index (χ3n) is 5.21. The van der Waals surface area contributed by atoms with E-state index < -0.39 is 0 Å². The molecule has 0 unspecified atom stereocenters. The van der Waals surface area contributed by atoms with Gasteiger partial charge in [-0.1, -0.05) is 48.5 Å². The summed E-state index contributed by atoms with van der Waals surface area (Å²) < 4.78 is 1.89. The van der Waals surface area contributed by atoms with Crippen molar-refractivity contribution >= 4 is 5.91 Å². The van der Waals surface area contributed by atoms with Crippen molar-refractivity contribution in [2.24, 2.45) is 0 Å². The number of hydrogen-bond donors (Lipinski definition) is 2. The standard InChI is InChI=1S/C25H23N3O2/c1-17-23(18(2)28(27-17)21-11-7-4-8-12-21)16-26-25(30)20-13-14-24(29)22(15-20)19-9-5-3-6-10-19/h3-15,29H,16H2,1-2H3,(H,26,30). The van der Waals surface area contributed by atoms with E-state index in [-0.39, 0.29) is 11.7 Å². The van der Waals surface area contributed by atoms with Crippen molar-refractivity contribution in [3.8, 4) is 22.6 Å². The van der Waals surface area contributed by atoms with Crippen LogP contribution in [0.5, 0.6) is 5.75 Å². The molecule has 3 aromatic carbocycles. The molecular weight excluding hydrogens is 374 g/mol. The number of aryl methyl sites for hydroxylation is 1. The van der Waals surface area contributed by atoms with Crippen molar-refractivity contribution in [2.45, 2.75) is 20.4 Å². The summed E-state index contributed by atoms with van der Waals surface area (Å²) in [6.07, 6.45) is 0. The van der Waals surface area contributed by atoms with Gasteiger partial charge in [-0.3, -0.25) is 4.79 Å². The third-order valence-corrected chi connectivity index (χ3v) is 5.21. The molecule has 0 saturated heterocycles. The van der Waals surface area contributed by atoms with Crippen molar-refractivity contribution in [3.05, 3.63) is 101 Å². The molecule has 0 aliphatic carbocycles. The number of nitrogens with zero attached hydrogens (tertiary/aromatic N) is 2. The van der Waals surface area contributed by atoms with Crippen LogP contribution in [0.3, 0.4) is 0 Å². The Kier molecular flexibility index (Phi) is 5.35. The Morgan fingerprint density at radius 3 is 2.33 bits per heavy atom. The second kappa shape index (κ2) is 8.25. The van der Waals surface area contributed by atoms with Gasteiger partial charge in [-0.25, -0.2) is 4.68 Å². The van der Waals surface area contributed by atoms with Gasteiger partial charge in [0.15, 0.2) is 0 Å². The fraction of sp³-hybridized carbons (Fsp3) is 0.120. The number of phenols is 1. The summed E-state index contributed by atoms with van der Waals surface area (Å²) in [6, 6.07) is 24.4. The van der Waals surface area contributed by atoms with Gasteiger partial charge < -0.3 is 10.4 Å². The van der Waals surface area contributed by atoms with Gasteiger partial charge in [0.2, 0.25) is 0 Å². The number of aromatic hydroxyl groups is 1. The SMILES string of the molecule is Cc1nn(-c2ccccc2)c(C)c1CNC(=O)c1ccc(O)c(-c2ccccc2)c1. The van der Waals surface area contributed by atoms with E-state index in [0.717, 1.165) is 28.2 Å². The lowest BCUT2D eigenvalue weighted by atomic mass is 10.0. The zero-order valence-electron chi connectivity index (χ0n) is 17.0. The molecule has 0 saturated carbocycles. The molecule has 4 aromatic rings. The highest BCUT2D eigenvalue weighted by atomic mass is 16.3. The summed E-state index contributed by atoms with van der Waals surface area (Å²) in [7, 11) is 0. The molecule has 1 aromatic heterocycles. The molecular formula is C25H23N3O2. The van der Waals surface area contributed by atoms with Crippen LogP contribution in [-0.2, 0) is 6.54 Å². The van der Waals surface area contributed by atoms with E-state index in [1.54, 1.807) is 18.2 Å². The van der Waals surface area contributed by atoms with Crippen LogP contribution >= 0.6 is 0 Å². The quantitative estimate of drug-likeness (QED) is 0.509. The minimum absolute atomic E-state index is 0.147. The van der Waals surface area contributed by atoms with E-state index in [9.17, 15) is 9.90 Å². The zero-order valence-corrected chi connectivity index (χ0v) is 17.0. The van der Waals surface area contributed by atoms with E-state index in [1.165, 1.54) is 0 Å². The van der Waals surface area contributed by atoms with E-state index in [2.05, 4.69) is 10.4 Å². The molecule has 5 nitrogen and oxygen atoms in total. The predicted octanol–water partition coefficient (Wildman–Crippen LogP) is 4.79. The molecule has 150 valence electrons. The Hall–Kier alpha value is -3.86. The number of aromatic nitrogens is 2. The van der Waals surface area contributed by atoms with Gasteiger partial charge in [0, 0.05) is 28.9 Å². The van der Waals surface area contributed by atoms with E-state index in [1.807, 2.05) is 79.2 Å². The molecule has 4 rings (SSSR count). The van der Waals surface area contributed by atoms with Gasteiger partial charge in [0.05, 0.1) is 11.4 Å². The average molecular weight is 397 g/mol. The second-order valence-electron chi connectivity index (χ2n) is 7.18. The molecule has 30 heavy (non-hydrogen) atoms. The third kappa shape index (κ3) is 3.82. The summed E-state index contributed by atoms with van der Waals surface area (Å²) in [5.41, 5.74) is 5.85. The Bertz CT molecular complexity index is 1180. The number of benzene rings is 3. The van der Waals surface area contributed by atoms with Gasteiger partial charge in [-0.2, -0.15) is 5.10 Å². The summed E-state index contributed by atoms with van der Waals surface area (Å²) in [4.78, 5) is 12.8. The first-order chi connectivity index (χ1) is 14.5. The fourth-order valence-corrected chi connectivity index (χ4v) is 3.55. The molecule has 0 aliphatic rings. The maximum absolute atomic E-state index is 12.8. The number of amides is 1. The molecule has 1 amide bonds. The lowest BCUT2D eigenvalue weighted by molar-refractivity contribution is 0.0951. The van der Waals surface area contributed by atoms with Crippen molar-refractivity contribution in [3.63, 3.8) is 0 Å². The van der Waals surface area contributed by atoms with E-state index in [0.29, 0.717) is 17.7 Å². The van der Waals surface area contributed by atoms with Gasteiger partial charge in [0.25, 0.3) is 5.91 Å². The molecule has 0 atom stereocenters. The Morgan fingerprint density at radius 1 is 0.967 bits per heavy atom. The number of para-hydroxylation sites is 1. The molecule has 1 heterocycles. The summed E-state index contributed by atoms with van der Waals surface area (Å²) >= 11 is 0. The van der Waals surface area contributed by atoms with Crippen LogP contribution in [0.15, 0.2) is 78.9 Å². The van der Waals surface area contributed by atoms with Crippen molar-refractivity contribution in [1.82, 2.24) is 15.1 Å². The number of rotatable bonds is 5. The first kappa shape index (κ1) is 19.5. The summed E-state index contributed by atoms with van der Waals surface area (Å²) in [6.45, 7) is 4.33. The monoisotopic (exact) mass is 397 g/mol. The van der Waals surface area contributed by atoms with Gasteiger partial charge in [-0.15, -0.1) is 0 Å². The normalized spacial score (nSPS) is 10.7. The Balaban J connectivity index is 1.54. The maximum atomic E-state index is 12.8. The van der Waals surface area contributed by atoms with E-state index >= 15 is 0 Å². The minimum atomic E-state index is -0.196. The molecule has 0 aliphatic heterocycles. The van der Waals surface area contributed by atoms with E-state index in [4.69, 9.17) is 0 Å². The molecule has 5 heteroatoms. The minimum Gasteiger partial charge on any atom is -0.507 e. The fourth-order valence-electron chi connectivity index (χ4n) is 3.55. The number of nitrogens with one attached hydrogen (secondary N) is 1. The van der Waals surface area contributed by atoms with Crippen LogP contribution < -0.4 is 5.32 Å². The lowest BCUT2D eigenvalue weighted by Gasteiger charge is -2.10. The zero-order chi connectivity index (χ0) is 21.1. The Morgan fingerprint density at radius 2 is 1.63 bits per heavy atom. The lowest BCUT2D eigenvalue weighted by Crippen LogP contribution is -2.23. The summed E-state index contributed by atoms with van der Waals surface area (Å²) in [5, 5.41) is 17.8. The molecule has 0 spiro atoms. The van der Waals surface area contributed by atoms with Gasteiger partial charge >= 0.3 is 0 Å². The van der Waals surface area contributed by atoms with Crippen LogP contribution in [0.25, 0.3) is 16.8 Å². The second-order valence-corrected chi connectivity index (χ2v) is 7.18. The van der Waals surface area contributed by atoms with Crippen molar-refractivity contribution in [2.75, 3.05) is 0 Å². The number of carbonyl (C=O) groups is 1. The molecule has 0 bridgehead atoms. The van der Waals surface area contributed by atoms with Crippen LogP contribution in [0.1, 0.15) is 27.3 Å². The van der Waals surface area contributed by atoms with Crippen LogP contribution in [-0.4, -0.2) is 20.8 Å². The first-order valence-electron chi connectivity index (χ1n) is 9.82. The topological polar surface area (TPSA) is 67.2 Å². The number of phenolic OH excluding ortho intramolecular Hbond substituents is 1. The highest BCUT2D eigenvalue weighted by Crippen LogP contribution is 2.30. The van der Waals surface area contributed by atoms with Gasteiger partial charge in [-0.05, 0) is 49.7 Å².